The summed E-state index contributed by atoms with van der Waals surface area (Å²) in [7, 11) is 0. The highest BCUT2D eigenvalue weighted by atomic mass is 35.5. The van der Waals surface area contributed by atoms with E-state index in [1.165, 1.54) is 0 Å². The summed E-state index contributed by atoms with van der Waals surface area (Å²) in [4.78, 5) is 0. The second kappa shape index (κ2) is 5.39. The smallest absolute Gasteiger partial charge is 0.326 e. The number of hydrogen-bond acceptors (Lipinski definition) is 1. The molecule has 0 amide bonds. The standard InChI is InChI=1S/C14H13ClF3N/c15-12-3-1-2-11(14(16,17)18)13(12)10-6-4-9(8-19)5-7-10/h3-7H,1-2,8,19H2. The van der Waals surface area contributed by atoms with Crippen molar-refractivity contribution in [3.63, 3.8) is 0 Å². The normalized spacial score (nSPS) is 16.6. The molecular formula is C14H13ClF3N. The Kier molecular flexibility index (Phi) is 4.02. The number of hydrogen-bond donors (Lipinski definition) is 1. The van der Waals surface area contributed by atoms with Crippen molar-refractivity contribution in [2.24, 2.45) is 5.73 Å². The SMILES string of the molecule is NCc1ccc(C2=C(C(F)(F)F)CCC=C2Cl)cc1. The lowest BCUT2D eigenvalue weighted by molar-refractivity contribution is -0.0933. The third-order valence-electron chi connectivity index (χ3n) is 3.08. The van der Waals surface area contributed by atoms with Gasteiger partial charge < -0.3 is 5.73 Å². The van der Waals surface area contributed by atoms with Gasteiger partial charge in [0.1, 0.15) is 0 Å². The summed E-state index contributed by atoms with van der Waals surface area (Å²) < 4.78 is 39.1. The Balaban J connectivity index is 2.53. The first kappa shape index (κ1) is 14.2. The molecular weight excluding hydrogens is 275 g/mol. The molecule has 1 aliphatic carbocycles. The molecule has 1 aliphatic rings. The summed E-state index contributed by atoms with van der Waals surface area (Å²) in [5, 5.41) is 0.166. The summed E-state index contributed by atoms with van der Waals surface area (Å²) in [5.74, 6) is 0. The fourth-order valence-electron chi connectivity index (χ4n) is 2.12. The first-order chi connectivity index (χ1) is 8.93. The van der Waals surface area contributed by atoms with Gasteiger partial charge in [0.15, 0.2) is 0 Å². The van der Waals surface area contributed by atoms with E-state index in [1.807, 2.05) is 0 Å². The molecule has 0 unspecified atom stereocenters. The highest BCUT2D eigenvalue weighted by molar-refractivity contribution is 6.37. The second-order valence-electron chi connectivity index (χ2n) is 4.34. The summed E-state index contributed by atoms with van der Waals surface area (Å²) >= 11 is 5.97. The maximum absolute atomic E-state index is 13.0. The predicted molar refractivity (Wildman–Crippen MR) is 70.5 cm³/mol. The molecule has 0 saturated heterocycles. The number of allylic oxidation sites excluding steroid dienone is 4. The quantitative estimate of drug-likeness (QED) is 0.858. The number of alkyl halides is 3. The van der Waals surface area contributed by atoms with Crippen LogP contribution in [-0.4, -0.2) is 6.18 Å². The minimum Gasteiger partial charge on any atom is -0.326 e. The zero-order chi connectivity index (χ0) is 14.0. The maximum atomic E-state index is 13.0. The average Bonchev–Trinajstić information content (AvgIpc) is 2.37. The van der Waals surface area contributed by atoms with Gasteiger partial charge in [0.25, 0.3) is 0 Å². The molecule has 1 nitrogen and oxygen atoms in total. The number of benzene rings is 1. The Bertz CT molecular complexity index is 527. The van der Waals surface area contributed by atoms with Crippen molar-refractivity contribution in [3.8, 4) is 0 Å². The van der Waals surface area contributed by atoms with Gasteiger partial charge in [-0.3, -0.25) is 0 Å². The van der Waals surface area contributed by atoms with Crippen molar-refractivity contribution < 1.29 is 13.2 Å². The molecule has 102 valence electrons. The van der Waals surface area contributed by atoms with Crippen LogP contribution in [0.3, 0.4) is 0 Å². The van der Waals surface area contributed by atoms with Crippen LogP contribution in [0.1, 0.15) is 24.0 Å². The Morgan fingerprint density at radius 1 is 1.16 bits per heavy atom. The Hall–Kier alpha value is -1.26. The van der Waals surface area contributed by atoms with Crippen molar-refractivity contribution in [2.45, 2.75) is 25.6 Å². The molecule has 0 fully saturated rings. The number of nitrogens with two attached hydrogens (primary N) is 1. The zero-order valence-corrected chi connectivity index (χ0v) is 10.9. The van der Waals surface area contributed by atoms with E-state index in [0.717, 1.165) is 5.56 Å². The third kappa shape index (κ3) is 3.01. The molecule has 0 aromatic heterocycles. The summed E-state index contributed by atoms with van der Waals surface area (Å²) in [6, 6.07) is 6.69. The molecule has 2 N–H and O–H groups in total. The van der Waals surface area contributed by atoms with Gasteiger partial charge in [-0.05, 0) is 24.0 Å². The van der Waals surface area contributed by atoms with Crippen molar-refractivity contribution in [1.82, 2.24) is 0 Å². The molecule has 0 spiro atoms. The molecule has 0 saturated carbocycles. The van der Waals surface area contributed by atoms with Crippen LogP contribution in [-0.2, 0) is 6.54 Å². The lowest BCUT2D eigenvalue weighted by atomic mass is 9.91. The van der Waals surface area contributed by atoms with E-state index in [-0.39, 0.29) is 17.0 Å². The summed E-state index contributed by atoms with van der Waals surface area (Å²) in [6.07, 6.45) is -2.44. The third-order valence-corrected chi connectivity index (χ3v) is 3.42. The predicted octanol–water partition coefficient (Wildman–Crippen LogP) is 4.38. The van der Waals surface area contributed by atoms with Crippen LogP contribution >= 0.6 is 11.6 Å². The van der Waals surface area contributed by atoms with Gasteiger partial charge in [-0.15, -0.1) is 0 Å². The van der Waals surface area contributed by atoms with E-state index in [2.05, 4.69) is 0 Å². The van der Waals surface area contributed by atoms with Crippen molar-refractivity contribution >= 4 is 17.2 Å². The molecule has 0 bridgehead atoms. The monoisotopic (exact) mass is 287 g/mol. The van der Waals surface area contributed by atoms with Crippen molar-refractivity contribution in [3.05, 3.63) is 52.1 Å². The zero-order valence-electron chi connectivity index (χ0n) is 10.1. The van der Waals surface area contributed by atoms with Gasteiger partial charge in [-0.2, -0.15) is 13.2 Å². The lowest BCUT2D eigenvalue weighted by Crippen LogP contribution is -2.16. The van der Waals surface area contributed by atoms with E-state index >= 15 is 0 Å². The fourth-order valence-corrected chi connectivity index (χ4v) is 2.45. The lowest BCUT2D eigenvalue weighted by Gasteiger charge is -2.21. The molecule has 0 atom stereocenters. The first-order valence-electron chi connectivity index (χ1n) is 5.89. The van der Waals surface area contributed by atoms with E-state index < -0.39 is 11.7 Å². The average molecular weight is 288 g/mol. The van der Waals surface area contributed by atoms with Crippen LogP contribution in [0.15, 0.2) is 40.9 Å². The topological polar surface area (TPSA) is 26.0 Å². The van der Waals surface area contributed by atoms with Crippen LogP contribution in [0.5, 0.6) is 0 Å². The van der Waals surface area contributed by atoms with E-state index in [9.17, 15) is 13.2 Å². The van der Waals surface area contributed by atoms with Crippen molar-refractivity contribution in [1.29, 1.82) is 0 Å². The van der Waals surface area contributed by atoms with Crippen molar-refractivity contribution in [2.75, 3.05) is 0 Å². The van der Waals surface area contributed by atoms with Gasteiger partial charge in [-0.1, -0.05) is 41.9 Å². The number of halogens is 4. The minimum atomic E-state index is -4.35. The van der Waals surface area contributed by atoms with Crippen LogP contribution in [0, 0.1) is 0 Å². The van der Waals surface area contributed by atoms with Crippen LogP contribution in [0.4, 0.5) is 13.2 Å². The highest BCUT2D eigenvalue weighted by Gasteiger charge is 2.37. The molecule has 1 aromatic carbocycles. The Morgan fingerprint density at radius 3 is 2.32 bits per heavy atom. The first-order valence-corrected chi connectivity index (χ1v) is 6.27. The van der Waals surface area contributed by atoms with Crippen LogP contribution < -0.4 is 5.73 Å². The Labute approximate surface area is 114 Å². The van der Waals surface area contributed by atoms with E-state index in [0.29, 0.717) is 18.5 Å². The molecule has 2 rings (SSSR count). The largest absolute Gasteiger partial charge is 0.413 e. The van der Waals surface area contributed by atoms with Crippen LogP contribution in [0.2, 0.25) is 0 Å². The van der Waals surface area contributed by atoms with E-state index in [1.54, 1.807) is 30.3 Å². The van der Waals surface area contributed by atoms with Gasteiger partial charge >= 0.3 is 6.18 Å². The number of rotatable bonds is 2. The molecule has 1 aromatic rings. The molecule has 5 heteroatoms. The molecule has 19 heavy (non-hydrogen) atoms. The molecule has 0 heterocycles. The van der Waals surface area contributed by atoms with Gasteiger partial charge in [0.05, 0.1) is 0 Å². The molecule has 0 radical (unpaired) electrons. The van der Waals surface area contributed by atoms with E-state index in [4.69, 9.17) is 17.3 Å². The summed E-state index contributed by atoms with van der Waals surface area (Å²) in [6.45, 7) is 0.356. The van der Waals surface area contributed by atoms with Gasteiger partial charge in [0, 0.05) is 22.7 Å². The highest BCUT2D eigenvalue weighted by Crippen LogP contribution is 2.42. The maximum Gasteiger partial charge on any atom is 0.413 e. The van der Waals surface area contributed by atoms with Gasteiger partial charge in [-0.25, -0.2) is 0 Å². The summed E-state index contributed by atoms with van der Waals surface area (Å²) in [5.41, 5.74) is 6.35. The van der Waals surface area contributed by atoms with Crippen LogP contribution in [0.25, 0.3) is 5.57 Å². The second-order valence-corrected chi connectivity index (χ2v) is 4.75. The Morgan fingerprint density at radius 2 is 1.79 bits per heavy atom. The van der Waals surface area contributed by atoms with Gasteiger partial charge in [0.2, 0.25) is 0 Å². The minimum absolute atomic E-state index is 0.0340. The fraction of sp³-hybridized carbons (Fsp3) is 0.286. The molecule has 0 aliphatic heterocycles.